The number of carbonyl (C=O) groups is 1. The number of rotatable bonds is 3. The average molecular weight is 271 g/mol. The molecule has 1 aromatic heterocycles. The van der Waals surface area contributed by atoms with Crippen LogP contribution in [0.3, 0.4) is 0 Å². The van der Waals surface area contributed by atoms with Gasteiger partial charge in [0.25, 0.3) is 0 Å². The molecule has 0 amide bonds. The summed E-state index contributed by atoms with van der Waals surface area (Å²) in [5.74, 6) is -0.232. The first-order valence-corrected chi connectivity index (χ1v) is 7.14. The van der Waals surface area contributed by atoms with Crippen LogP contribution in [0.15, 0.2) is 42.7 Å². The largest absolute Gasteiger partial charge is 0.341 e. The van der Waals surface area contributed by atoms with Crippen LogP contribution >= 0.6 is 0 Å². The molecular weight excluding hydrogens is 253 g/mol. The fraction of sp³-hybridized carbons (Fsp3) is 0.353. The summed E-state index contributed by atoms with van der Waals surface area (Å²) in [4.78, 5) is 11.6. The van der Waals surface area contributed by atoms with Crippen molar-refractivity contribution < 1.29 is 9.18 Å². The van der Waals surface area contributed by atoms with E-state index in [0.29, 0.717) is 0 Å². The Bertz CT molecular complexity index is 594. The van der Waals surface area contributed by atoms with Gasteiger partial charge in [-0.3, -0.25) is 0 Å². The third kappa shape index (κ3) is 2.28. The Kier molecular flexibility index (Phi) is 3.43. The lowest BCUT2D eigenvalue weighted by Gasteiger charge is -2.33. The number of benzene rings is 1. The van der Waals surface area contributed by atoms with Crippen molar-refractivity contribution in [1.29, 1.82) is 0 Å². The minimum absolute atomic E-state index is 0.232. The Morgan fingerprint density at radius 3 is 2.35 bits per heavy atom. The predicted molar refractivity (Wildman–Crippen MR) is 76.9 cm³/mol. The smallest absolute Gasteiger partial charge is 0.145 e. The molecule has 3 rings (SSSR count). The Labute approximate surface area is 118 Å². The number of halogens is 1. The van der Waals surface area contributed by atoms with Gasteiger partial charge >= 0.3 is 0 Å². The summed E-state index contributed by atoms with van der Waals surface area (Å²) in [5.41, 5.74) is 1.62. The summed E-state index contributed by atoms with van der Waals surface area (Å²) in [5, 5.41) is 0. The van der Waals surface area contributed by atoms with E-state index in [9.17, 15) is 9.18 Å². The van der Waals surface area contributed by atoms with Crippen LogP contribution < -0.4 is 0 Å². The molecule has 0 spiro atoms. The molecule has 1 heterocycles. The number of hydrogen-bond acceptors (Lipinski definition) is 1. The Morgan fingerprint density at radius 1 is 1.00 bits per heavy atom. The van der Waals surface area contributed by atoms with Crippen molar-refractivity contribution in [3.8, 4) is 11.1 Å². The van der Waals surface area contributed by atoms with Gasteiger partial charge in [-0.2, -0.15) is 0 Å². The van der Waals surface area contributed by atoms with Crippen LogP contribution in [-0.2, 0) is 10.3 Å². The van der Waals surface area contributed by atoms with E-state index in [2.05, 4.69) is 0 Å². The second kappa shape index (κ2) is 5.23. The molecule has 0 bridgehead atoms. The van der Waals surface area contributed by atoms with E-state index in [1.54, 1.807) is 12.1 Å². The van der Waals surface area contributed by atoms with Gasteiger partial charge in [0, 0.05) is 12.4 Å². The summed E-state index contributed by atoms with van der Waals surface area (Å²) < 4.78 is 15.0. The molecule has 3 heteroatoms. The number of carbonyl (C=O) groups excluding carboxylic acids is 1. The van der Waals surface area contributed by atoms with E-state index in [0.717, 1.165) is 43.1 Å². The maximum Gasteiger partial charge on any atom is 0.145 e. The lowest BCUT2D eigenvalue weighted by atomic mass is 9.82. The number of nitrogens with zero attached hydrogens (tertiary/aromatic N) is 1. The van der Waals surface area contributed by atoms with Crippen molar-refractivity contribution >= 4 is 6.29 Å². The second-order valence-electron chi connectivity index (χ2n) is 5.60. The Hall–Kier alpha value is -1.90. The monoisotopic (exact) mass is 271 g/mol. The van der Waals surface area contributed by atoms with Crippen LogP contribution in [0.5, 0.6) is 0 Å². The van der Waals surface area contributed by atoms with Crippen molar-refractivity contribution in [3.05, 3.63) is 48.5 Å². The quantitative estimate of drug-likeness (QED) is 0.768. The Balaban J connectivity index is 1.93. The van der Waals surface area contributed by atoms with Crippen LogP contribution in [0.25, 0.3) is 11.1 Å². The molecule has 0 radical (unpaired) electrons. The first-order valence-electron chi connectivity index (χ1n) is 7.14. The minimum Gasteiger partial charge on any atom is -0.341 e. The maximum atomic E-state index is 13.0. The standard InChI is InChI=1S/C17H18FNO/c18-16-6-4-14(5-7-16)15-8-11-19(12-15)17(13-20)9-2-1-3-10-17/h4-8,11-13H,1-3,9-10H2. The van der Waals surface area contributed by atoms with Gasteiger partial charge in [0.05, 0.1) is 5.54 Å². The van der Waals surface area contributed by atoms with E-state index in [1.807, 2.05) is 23.0 Å². The molecule has 0 N–H and O–H groups in total. The van der Waals surface area contributed by atoms with E-state index in [4.69, 9.17) is 0 Å². The van der Waals surface area contributed by atoms with Gasteiger partial charge in [-0.25, -0.2) is 4.39 Å². The highest BCUT2D eigenvalue weighted by Crippen LogP contribution is 2.34. The average Bonchev–Trinajstić information content (AvgIpc) is 2.99. The molecule has 1 fully saturated rings. The molecule has 1 saturated carbocycles. The van der Waals surface area contributed by atoms with Crippen LogP contribution in [0.2, 0.25) is 0 Å². The fourth-order valence-corrected chi connectivity index (χ4v) is 3.09. The van der Waals surface area contributed by atoms with Crippen molar-refractivity contribution in [3.63, 3.8) is 0 Å². The molecule has 2 nitrogen and oxygen atoms in total. The first kappa shape index (κ1) is 13.1. The van der Waals surface area contributed by atoms with E-state index < -0.39 is 0 Å². The summed E-state index contributed by atoms with van der Waals surface area (Å²) in [6.45, 7) is 0. The highest BCUT2D eigenvalue weighted by atomic mass is 19.1. The van der Waals surface area contributed by atoms with Gasteiger partial charge in [0.2, 0.25) is 0 Å². The van der Waals surface area contributed by atoms with Gasteiger partial charge in [-0.1, -0.05) is 31.4 Å². The third-order valence-corrected chi connectivity index (χ3v) is 4.32. The van der Waals surface area contributed by atoms with Crippen LogP contribution in [0, 0.1) is 5.82 Å². The molecule has 0 unspecified atom stereocenters. The third-order valence-electron chi connectivity index (χ3n) is 4.32. The number of aromatic nitrogens is 1. The first-order chi connectivity index (χ1) is 9.73. The second-order valence-corrected chi connectivity index (χ2v) is 5.60. The molecule has 1 aromatic carbocycles. The van der Waals surface area contributed by atoms with Gasteiger partial charge < -0.3 is 9.36 Å². The molecule has 1 aliphatic rings. The van der Waals surface area contributed by atoms with Crippen LogP contribution in [0.1, 0.15) is 32.1 Å². The highest BCUT2D eigenvalue weighted by Gasteiger charge is 2.33. The van der Waals surface area contributed by atoms with Gasteiger partial charge in [0.15, 0.2) is 0 Å². The van der Waals surface area contributed by atoms with Gasteiger partial charge in [0.1, 0.15) is 12.1 Å². The van der Waals surface area contributed by atoms with Crippen molar-refractivity contribution in [2.24, 2.45) is 0 Å². The number of aldehydes is 1. The minimum atomic E-state index is -0.378. The molecule has 2 aromatic rings. The lowest BCUT2D eigenvalue weighted by molar-refractivity contribution is -0.116. The lowest BCUT2D eigenvalue weighted by Crippen LogP contribution is -2.36. The molecular formula is C17H18FNO. The fourth-order valence-electron chi connectivity index (χ4n) is 3.09. The summed E-state index contributed by atoms with van der Waals surface area (Å²) in [7, 11) is 0. The molecule has 20 heavy (non-hydrogen) atoms. The van der Waals surface area contributed by atoms with E-state index >= 15 is 0 Å². The summed E-state index contributed by atoms with van der Waals surface area (Å²) in [6, 6.07) is 8.45. The van der Waals surface area contributed by atoms with Crippen molar-refractivity contribution in [1.82, 2.24) is 4.57 Å². The van der Waals surface area contributed by atoms with E-state index in [1.165, 1.54) is 18.6 Å². The molecule has 1 aliphatic carbocycles. The van der Waals surface area contributed by atoms with Crippen LogP contribution in [-0.4, -0.2) is 10.9 Å². The van der Waals surface area contributed by atoms with Crippen LogP contribution in [0.4, 0.5) is 4.39 Å². The predicted octanol–water partition coefficient (Wildman–Crippen LogP) is 4.15. The zero-order chi connectivity index (χ0) is 14.0. The molecule has 0 atom stereocenters. The Morgan fingerprint density at radius 2 is 1.70 bits per heavy atom. The van der Waals surface area contributed by atoms with E-state index in [-0.39, 0.29) is 11.4 Å². The SMILES string of the molecule is O=CC1(n2ccc(-c3ccc(F)cc3)c2)CCCCC1. The van der Waals surface area contributed by atoms with Gasteiger partial charge in [-0.15, -0.1) is 0 Å². The number of hydrogen-bond donors (Lipinski definition) is 0. The topological polar surface area (TPSA) is 22.0 Å². The van der Waals surface area contributed by atoms with Gasteiger partial charge in [-0.05, 0) is 42.2 Å². The summed E-state index contributed by atoms with van der Waals surface area (Å²) in [6.07, 6.45) is 10.3. The normalized spacial score (nSPS) is 17.9. The molecule has 0 saturated heterocycles. The molecule has 104 valence electrons. The zero-order valence-corrected chi connectivity index (χ0v) is 11.4. The zero-order valence-electron chi connectivity index (χ0n) is 11.4. The maximum absolute atomic E-state index is 13.0. The highest BCUT2D eigenvalue weighted by molar-refractivity contribution is 5.66. The van der Waals surface area contributed by atoms with Crippen molar-refractivity contribution in [2.45, 2.75) is 37.6 Å². The van der Waals surface area contributed by atoms with Crippen molar-refractivity contribution in [2.75, 3.05) is 0 Å². The molecule has 0 aliphatic heterocycles. The summed E-state index contributed by atoms with van der Waals surface area (Å²) >= 11 is 0.